The Bertz CT molecular complexity index is 414. The van der Waals surface area contributed by atoms with E-state index >= 15 is 0 Å². The quantitative estimate of drug-likeness (QED) is 0.210. The van der Waals surface area contributed by atoms with Gasteiger partial charge in [-0.15, -0.1) is 0 Å². The minimum absolute atomic E-state index is 1.25. The van der Waals surface area contributed by atoms with E-state index in [9.17, 15) is 0 Å². The molecule has 174 valence electrons. The van der Waals surface area contributed by atoms with Crippen molar-refractivity contribution in [1.82, 2.24) is 10.6 Å². The van der Waals surface area contributed by atoms with Gasteiger partial charge in [-0.2, -0.15) is 0 Å². The van der Waals surface area contributed by atoms with Gasteiger partial charge in [-0.3, -0.25) is 0 Å². The molecular formula is C16H28N2O12. The third kappa shape index (κ3) is 32.4. The predicted octanol–water partition coefficient (Wildman–Crippen LogP) is -1.01. The second kappa shape index (κ2) is 22.0. The van der Waals surface area contributed by atoms with Crippen LogP contribution in [-0.2, 0) is 28.8 Å². The summed E-state index contributed by atoms with van der Waals surface area (Å²) in [5.74, 6) is -10.9. The van der Waals surface area contributed by atoms with Crippen molar-refractivity contribution in [2.45, 2.75) is 38.5 Å². The van der Waals surface area contributed by atoms with Crippen LogP contribution in [-0.4, -0.2) is 92.6 Å². The molecule has 0 bridgehead atoms. The minimum Gasteiger partial charge on any atom is -0.473 e. The molecule has 2 fully saturated rings. The molecule has 0 radical (unpaired) electrons. The Balaban J connectivity index is -0.000000304. The van der Waals surface area contributed by atoms with Crippen molar-refractivity contribution in [2.24, 2.45) is 0 Å². The number of piperidine rings is 2. The van der Waals surface area contributed by atoms with Gasteiger partial charge in [0.1, 0.15) is 0 Å². The van der Waals surface area contributed by atoms with Crippen LogP contribution in [0, 0.1) is 0 Å². The standard InChI is InChI=1S/2C5H11N.3C2H2O4/c2*1-2-4-6-5-3-1;3*3-1(4)2(5)6/h2*6H,1-5H2;3*(H,3,4)(H,5,6). The first-order valence-electron chi connectivity index (χ1n) is 8.73. The number of rotatable bonds is 0. The predicted molar refractivity (Wildman–Crippen MR) is 99.3 cm³/mol. The molecule has 0 saturated carbocycles. The van der Waals surface area contributed by atoms with Crippen LogP contribution in [0.3, 0.4) is 0 Å². The second-order valence-electron chi connectivity index (χ2n) is 5.45. The molecule has 2 aliphatic rings. The van der Waals surface area contributed by atoms with Gasteiger partial charge >= 0.3 is 35.8 Å². The first kappa shape index (κ1) is 31.4. The molecular weight excluding hydrogens is 412 g/mol. The molecule has 0 unspecified atom stereocenters. The Morgan fingerprint density at radius 1 is 0.367 bits per heavy atom. The van der Waals surface area contributed by atoms with Gasteiger partial charge in [0.25, 0.3) is 0 Å². The van der Waals surface area contributed by atoms with E-state index in [1.165, 1.54) is 64.7 Å². The van der Waals surface area contributed by atoms with E-state index in [2.05, 4.69) is 10.6 Å². The third-order valence-corrected chi connectivity index (χ3v) is 2.96. The van der Waals surface area contributed by atoms with Crippen LogP contribution in [0.1, 0.15) is 38.5 Å². The summed E-state index contributed by atoms with van der Waals surface area (Å²) in [6.07, 6.45) is 8.43. The summed E-state index contributed by atoms with van der Waals surface area (Å²) in [7, 11) is 0. The fourth-order valence-corrected chi connectivity index (χ4v) is 1.60. The molecule has 14 nitrogen and oxygen atoms in total. The van der Waals surface area contributed by atoms with Gasteiger partial charge in [-0.05, 0) is 51.9 Å². The molecule has 0 atom stereocenters. The van der Waals surface area contributed by atoms with Crippen LogP contribution in [0.4, 0.5) is 0 Å². The van der Waals surface area contributed by atoms with Crippen molar-refractivity contribution >= 4 is 35.8 Å². The Morgan fingerprint density at radius 3 is 0.567 bits per heavy atom. The Kier molecular flexibility index (Phi) is 23.1. The lowest BCUT2D eigenvalue weighted by molar-refractivity contribution is -0.159. The fourth-order valence-electron chi connectivity index (χ4n) is 1.60. The summed E-state index contributed by atoms with van der Waals surface area (Å²) in [6.45, 7) is 5.00. The summed E-state index contributed by atoms with van der Waals surface area (Å²) in [5.41, 5.74) is 0. The Labute approximate surface area is 171 Å². The number of carboxylic acids is 6. The van der Waals surface area contributed by atoms with E-state index in [-0.39, 0.29) is 0 Å². The van der Waals surface area contributed by atoms with Crippen LogP contribution in [0.25, 0.3) is 0 Å². The van der Waals surface area contributed by atoms with Crippen molar-refractivity contribution in [1.29, 1.82) is 0 Å². The Hall–Kier alpha value is -3.26. The van der Waals surface area contributed by atoms with E-state index < -0.39 is 35.8 Å². The van der Waals surface area contributed by atoms with Crippen molar-refractivity contribution < 1.29 is 59.4 Å². The minimum atomic E-state index is -1.82. The number of carboxylic acid groups (broad SMARTS) is 6. The molecule has 0 aromatic heterocycles. The highest BCUT2D eigenvalue weighted by atomic mass is 16.5. The molecule has 8 N–H and O–H groups in total. The number of aliphatic carboxylic acids is 6. The maximum atomic E-state index is 9.10. The highest BCUT2D eigenvalue weighted by Gasteiger charge is 2.05. The monoisotopic (exact) mass is 440 g/mol. The molecule has 0 aromatic carbocycles. The summed E-state index contributed by atoms with van der Waals surface area (Å²) >= 11 is 0. The average molecular weight is 440 g/mol. The first-order chi connectivity index (χ1) is 13.9. The third-order valence-electron chi connectivity index (χ3n) is 2.96. The lowest BCUT2D eigenvalue weighted by atomic mass is 10.2. The van der Waals surface area contributed by atoms with E-state index in [1.807, 2.05) is 0 Å². The van der Waals surface area contributed by atoms with Gasteiger partial charge in [-0.25, -0.2) is 28.8 Å². The zero-order valence-electron chi connectivity index (χ0n) is 16.2. The summed E-state index contributed by atoms with van der Waals surface area (Å²) < 4.78 is 0. The number of carbonyl (C=O) groups is 6. The van der Waals surface area contributed by atoms with E-state index in [0.29, 0.717) is 0 Å². The molecule has 2 heterocycles. The number of hydrogen-bond acceptors (Lipinski definition) is 8. The normalized spacial score (nSPS) is 14.0. The van der Waals surface area contributed by atoms with Gasteiger partial charge in [0.15, 0.2) is 0 Å². The SMILES string of the molecule is C1CCNCC1.C1CCNCC1.O=C(O)C(=O)O.O=C(O)C(=O)O.O=C(O)C(=O)O. The van der Waals surface area contributed by atoms with Gasteiger partial charge in [0.05, 0.1) is 0 Å². The zero-order chi connectivity index (χ0) is 23.9. The molecule has 2 aliphatic heterocycles. The maximum Gasteiger partial charge on any atom is 0.414 e. The lowest BCUT2D eigenvalue weighted by Crippen LogP contribution is -2.21. The van der Waals surface area contributed by atoms with E-state index in [0.717, 1.165) is 0 Å². The maximum absolute atomic E-state index is 9.10. The molecule has 0 aliphatic carbocycles. The summed E-state index contributed by atoms with van der Waals surface area (Å²) in [6, 6.07) is 0. The molecule has 2 saturated heterocycles. The highest BCUT2D eigenvalue weighted by molar-refractivity contribution is 6.28. The molecule has 0 aromatic rings. The zero-order valence-corrected chi connectivity index (χ0v) is 16.2. The number of nitrogens with one attached hydrogen (secondary N) is 2. The molecule has 0 spiro atoms. The van der Waals surface area contributed by atoms with Crippen molar-refractivity contribution in [3.8, 4) is 0 Å². The second-order valence-corrected chi connectivity index (χ2v) is 5.45. The average Bonchev–Trinajstić information content (AvgIpc) is 2.72. The number of hydrogen-bond donors (Lipinski definition) is 8. The highest BCUT2D eigenvalue weighted by Crippen LogP contribution is 1.97. The van der Waals surface area contributed by atoms with E-state index in [1.54, 1.807) is 0 Å². The van der Waals surface area contributed by atoms with Crippen LogP contribution >= 0.6 is 0 Å². The van der Waals surface area contributed by atoms with E-state index in [4.69, 9.17) is 59.4 Å². The molecule has 2 rings (SSSR count). The molecule has 14 heteroatoms. The fraction of sp³-hybridized carbons (Fsp3) is 0.625. The van der Waals surface area contributed by atoms with Gasteiger partial charge in [0, 0.05) is 0 Å². The smallest absolute Gasteiger partial charge is 0.414 e. The van der Waals surface area contributed by atoms with Crippen LogP contribution in [0.2, 0.25) is 0 Å². The van der Waals surface area contributed by atoms with Gasteiger partial charge < -0.3 is 41.3 Å². The molecule has 30 heavy (non-hydrogen) atoms. The van der Waals surface area contributed by atoms with Crippen LogP contribution < -0.4 is 10.6 Å². The largest absolute Gasteiger partial charge is 0.473 e. The first-order valence-corrected chi connectivity index (χ1v) is 8.73. The topological polar surface area (TPSA) is 248 Å². The Morgan fingerprint density at radius 2 is 0.533 bits per heavy atom. The van der Waals surface area contributed by atoms with Gasteiger partial charge in [0.2, 0.25) is 0 Å². The van der Waals surface area contributed by atoms with Gasteiger partial charge in [-0.1, -0.05) is 12.8 Å². The summed E-state index contributed by atoms with van der Waals surface area (Å²) in [4.78, 5) is 54.6. The van der Waals surface area contributed by atoms with Crippen LogP contribution in [0.15, 0.2) is 0 Å². The van der Waals surface area contributed by atoms with Crippen molar-refractivity contribution in [3.63, 3.8) is 0 Å². The van der Waals surface area contributed by atoms with Crippen molar-refractivity contribution in [3.05, 3.63) is 0 Å². The van der Waals surface area contributed by atoms with Crippen molar-refractivity contribution in [2.75, 3.05) is 26.2 Å². The van der Waals surface area contributed by atoms with Crippen LogP contribution in [0.5, 0.6) is 0 Å². The molecule has 0 amide bonds. The summed E-state index contributed by atoms with van der Waals surface area (Å²) in [5, 5.41) is 50.9. The lowest BCUT2D eigenvalue weighted by Gasteiger charge is -2.08.